The summed E-state index contributed by atoms with van der Waals surface area (Å²) in [7, 11) is 1.58. The van der Waals surface area contributed by atoms with Gasteiger partial charge in [-0.3, -0.25) is 0 Å². The standard InChI is InChI=1S/C8H7NO2/c1-10-7-2-4-8(5-3-7)11-6-9/h2-5H,1H3. The van der Waals surface area contributed by atoms with Crippen molar-refractivity contribution in [1.29, 1.82) is 5.26 Å². The maximum absolute atomic E-state index is 8.14. The molecular weight excluding hydrogens is 142 g/mol. The predicted octanol–water partition coefficient (Wildman–Crippen LogP) is 1.56. The molecule has 0 saturated heterocycles. The van der Waals surface area contributed by atoms with Gasteiger partial charge in [0.15, 0.2) is 0 Å². The van der Waals surface area contributed by atoms with Gasteiger partial charge in [-0.05, 0) is 24.3 Å². The molecule has 0 atom stereocenters. The number of hydrogen-bond donors (Lipinski definition) is 0. The molecule has 1 aromatic carbocycles. The second kappa shape index (κ2) is 3.47. The number of rotatable bonds is 2. The minimum Gasteiger partial charge on any atom is -0.497 e. The summed E-state index contributed by atoms with van der Waals surface area (Å²) in [5, 5.41) is 8.14. The summed E-state index contributed by atoms with van der Waals surface area (Å²) < 4.78 is 9.46. The van der Waals surface area contributed by atoms with Crippen LogP contribution in [0.5, 0.6) is 11.5 Å². The first-order valence-electron chi connectivity index (χ1n) is 3.07. The van der Waals surface area contributed by atoms with E-state index in [2.05, 4.69) is 4.74 Å². The van der Waals surface area contributed by atoms with Gasteiger partial charge in [-0.2, -0.15) is 0 Å². The summed E-state index contributed by atoms with van der Waals surface area (Å²) in [6, 6.07) is 6.80. The Kier molecular flexibility index (Phi) is 2.34. The van der Waals surface area contributed by atoms with Crippen LogP contribution in [0.3, 0.4) is 0 Å². The Morgan fingerprint density at radius 1 is 1.18 bits per heavy atom. The van der Waals surface area contributed by atoms with Crippen molar-refractivity contribution < 1.29 is 9.47 Å². The number of hydrogen-bond acceptors (Lipinski definition) is 3. The van der Waals surface area contributed by atoms with Gasteiger partial charge >= 0.3 is 0 Å². The molecule has 0 fully saturated rings. The van der Waals surface area contributed by atoms with E-state index < -0.39 is 0 Å². The Hall–Kier alpha value is -1.69. The Morgan fingerprint density at radius 3 is 2.18 bits per heavy atom. The SMILES string of the molecule is COc1ccc(OC#N)cc1. The summed E-state index contributed by atoms with van der Waals surface area (Å²) in [5.74, 6) is 1.27. The Labute approximate surface area is 64.8 Å². The molecule has 0 aliphatic rings. The number of ether oxygens (including phenoxy) is 2. The monoisotopic (exact) mass is 149 g/mol. The maximum Gasteiger partial charge on any atom is 0.292 e. The molecule has 0 bridgehead atoms. The van der Waals surface area contributed by atoms with Gasteiger partial charge in [-0.15, -0.1) is 5.26 Å². The van der Waals surface area contributed by atoms with Crippen LogP contribution in [-0.4, -0.2) is 7.11 Å². The fraction of sp³-hybridized carbons (Fsp3) is 0.125. The first-order valence-corrected chi connectivity index (χ1v) is 3.07. The zero-order valence-corrected chi connectivity index (χ0v) is 6.07. The van der Waals surface area contributed by atoms with Crippen LogP contribution in [0.15, 0.2) is 24.3 Å². The predicted molar refractivity (Wildman–Crippen MR) is 39.2 cm³/mol. The third-order valence-corrected chi connectivity index (χ3v) is 1.22. The van der Waals surface area contributed by atoms with Gasteiger partial charge in [0.2, 0.25) is 0 Å². The topological polar surface area (TPSA) is 42.2 Å². The van der Waals surface area contributed by atoms with Crippen LogP contribution in [0.2, 0.25) is 0 Å². The van der Waals surface area contributed by atoms with Crippen molar-refractivity contribution in [3.05, 3.63) is 24.3 Å². The first kappa shape index (κ1) is 7.42. The van der Waals surface area contributed by atoms with Gasteiger partial charge < -0.3 is 9.47 Å². The van der Waals surface area contributed by atoms with E-state index in [9.17, 15) is 0 Å². The van der Waals surface area contributed by atoms with E-state index in [-0.39, 0.29) is 0 Å². The molecule has 11 heavy (non-hydrogen) atoms. The van der Waals surface area contributed by atoms with Crippen LogP contribution >= 0.6 is 0 Å². The highest BCUT2D eigenvalue weighted by molar-refractivity contribution is 5.31. The lowest BCUT2D eigenvalue weighted by molar-refractivity contribution is 0.413. The molecule has 0 amide bonds. The Morgan fingerprint density at radius 2 is 1.73 bits per heavy atom. The third kappa shape index (κ3) is 1.87. The Balaban J connectivity index is 2.76. The molecule has 0 N–H and O–H groups in total. The summed E-state index contributed by atoms with van der Waals surface area (Å²) in [5.41, 5.74) is 0. The quantitative estimate of drug-likeness (QED) is 0.599. The van der Waals surface area contributed by atoms with Crippen molar-refractivity contribution in [2.75, 3.05) is 7.11 Å². The normalized spacial score (nSPS) is 8.36. The number of benzene rings is 1. The van der Waals surface area contributed by atoms with Crippen molar-refractivity contribution in [2.24, 2.45) is 0 Å². The number of methoxy groups -OCH3 is 1. The van der Waals surface area contributed by atoms with Crippen molar-refractivity contribution in [2.45, 2.75) is 0 Å². The Bertz CT molecular complexity index is 260. The highest BCUT2D eigenvalue weighted by Gasteiger charge is 1.92. The molecule has 0 saturated carbocycles. The molecule has 1 rings (SSSR count). The molecule has 3 heteroatoms. The van der Waals surface area contributed by atoms with Crippen LogP contribution < -0.4 is 9.47 Å². The van der Waals surface area contributed by atoms with Crippen LogP contribution in [-0.2, 0) is 0 Å². The zero-order valence-electron chi connectivity index (χ0n) is 6.07. The lowest BCUT2D eigenvalue weighted by Crippen LogP contribution is -1.83. The van der Waals surface area contributed by atoms with E-state index in [1.165, 1.54) is 0 Å². The van der Waals surface area contributed by atoms with Gasteiger partial charge in [-0.25, -0.2) is 0 Å². The highest BCUT2D eigenvalue weighted by atomic mass is 16.5. The molecule has 0 radical (unpaired) electrons. The van der Waals surface area contributed by atoms with E-state index in [1.807, 2.05) is 0 Å². The van der Waals surface area contributed by atoms with Crippen molar-refractivity contribution in [3.8, 4) is 17.8 Å². The van der Waals surface area contributed by atoms with E-state index >= 15 is 0 Å². The lowest BCUT2D eigenvalue weighted by atomic mass is 10.3. The molecule has 0 aromatic heterocycles. The molecule has 1 aromatic rings. The maximum atomic E-state index is 8.14. The average molecular weight is 149 g/mol. The molecule has 56 valence electrons. The smallest absolute Gasteiger partial charge is 0.292 e. The molecule has 0 spiro atoms. The van der Waals surface area contributed by atoms with Crippen molar-refractivity contribution in [1.82, 2.24) is 0 Å². The van der Waals surface area contributed by atoms with Crippen LogP contribution in [0.25, 0.3) is 0 Å². The average Bonchev–Trinajstić information content (AvgIpc) is 2.07. The van der Waals surface area contributed by atoms with Gasteiger partial charge in [0.25, 0.3) is 6.26 Å². The van der Waals surface area contributed by atoms with E-state index in [4.69, 9.17) is 10.00 Å². The molecule has 3 nitrogen and oxygen atoms in total. The highest BCUT2D eigenvalue weighted by Crippen LogP contribution is 2.16. The fourth-order valence-electron chi connectivity index (χ4n) is 0.696. The van der Waals surface area contributed by atoms with Gasteiger partial charge in [-0.1, -0.05) is 0 Å². The molecule has 0 heterocycles. The molecule has 0 aliphatic carbocycles. The third-order valence-electron chi connectivity index (χ3n) is 1.22. The minimum atomic E-state index is 0.522. The van der Waals surface area contributed by atoms with Crippen LogP contribution in [0, 0.1) is 11.5 Å². The van der Waals surface area contributed by atoms with Gasteiger partial charge in [0.05, 0.1) is 7.11 Å². The van der Waals surface area contributed by atoms with Gasteiger partial charge in [0.1, 0.15) is 11.5 Å². The zero-order chi connectivity index (χ0) is 8.10. The lowest BCUT2D eigenvalue weighted by Gasteiger charge is -1.98. The summed E-state index contributed by atoms with van der Waals surface area (Å²) in [6.45, 7) is 0. The first-order chi connectivity index (χ1) is 5.36. The van der Waals surface area contributed by atoms with Crippen molar-refractivity contribution in [3.63, 3.8) is 0 Å². The second-order valence-electron chi connectivity index (χ2n) is 1.87. The number of nitriles is 1. The van der Waals surface area contributed by atoms with Crippen LogP contribution in [0.1, 0.15) is 0 Å². The fourth-order valence-corrected chi connectivity index (χ4v) is 0.696. The number of nitrogens with zero attached hydrogens (tertiary/aromatic N) is 1. The minimum absolute atomic E-state index is 0.522. The van der Waals surface area contributed by atoms with Crippen molar-refractivity contribution >= 4 is 0 Å². The van der Waals surface area contributed by atoms with Gasteiger partial charge in [0, 0.05) is 0 Å². The van der Waals surface area contributed by atoms with E-state index in [1.54, 1.807) is 37.6 Å². The molecule has 0 aliphatic heterocycles. The molecule has 0 unspecified atom stereocenters. The second-order valence-corrected chi connectivity index (χ2v) is 1.87. The van der Waals surface area contributed by atoms with Crippen LogP contribution in [0.4, 0.5) is 0 Å². The van der Waals surface area contributed by atoms with E-state index in [0.717, 1.165) is 5.75 Å². The summed E-state index contributed by atoms with van der Waals surface area (Å²) in [6.07, 6.45) is 1.58. The summed E-state index contributed by atoms with van der Waals surface area (Å²) >= 11 is 0. The summed E-state index contributed by atoms with van der Waals surface area (Å²) in [4.78, 5) is 0. The van der Waals surface area contributed by atoms with E-state index in [0.29, 0.717) is 5.75 Å². The largest absolute Gasteiger partial charge is 0.497 e. The molecular formula is C8H7NO2.